The van der Waals surface area contributed by atoms with Crippen LogP contribution in [0.15, 0.2) is 21.7 Å². The van der Waals surface area contributed by atoms with Gasteiger partial charge in [0.25, 0.3) is 10.0 Å². The van der Waals surface area contributed by atoms with Crippen LogP contribution >= 0.6 is 11.3 Å². The fourth-order valence-electron chi connectivity index (χ4n) is 1.19. The summed E-state index contributed by atoms with van der Waals surface area (Å²) in [4.78, 5) is 0. The van der Waals surface area contributed by atoms with E-state index in [9.17, 15) is 13.5 Å². The van der Waals surface area contributed by atoms with Gasteiger partial charge in [-0.1, -0.05) is 6.07 Å². The van der Waals surface area contributed by atoms with E-state index in [0.717, 1.165) is 0 Å². The highest BCUT2D eigenvalue weighted by Crippen LogP contribution is 2.20. The van der Waals surface area contributed by atoms with Crippen LogP contribution in [0, 0.1) is 0 Å². The van der Waals surface area contributed by atoms with Gasteiger partial charge in [-0.05, 0) is 25.3 Å². The van der Waals surface area contributed by atoms with Crippen molar-refractivity contribution in [1.29, 1.82) is 0 Å². The number of sulfonamides is 1. The Hall–Kier alpha value is -0.430. The lowest BCUT2D eigenvalue weighted by Crippen LogP contribution is -2.39. The maximum absolute atomic E-state index is 11.9. The van der Waals surface area contributed by atoms with Gasteiger partial charge >= 0.3 is 0 Å². The first-order valence-electron chi connectivity index (χ1n) is 4.46. The summed E-state index contributed by atoms with van der Waals surface area (Å²) >= 11 is 1.17. The molecular formula is C9H15NO3S2. The quantitative estimate of drug-likeness (QED) is 0.870. The number of aliphatic hydroxyl groups is 1. The largest absolute Gasteiger partial charge is 0.389 e. The molecule has 1 N–H and O–H groups in total. The Labute approximate surface area is 94.2 Å². The van der Waals surface area contributed by atoms with E-state index in [1.165, 1.54) is 22.7 Å². The minimum absolute atomic E-state index is 0.0766. The average Bonchev–Trinajstić information content (AvgIpc) is 2.52. The zero-order valence-corrected chi connectivity index (χ0v) is 10.6. The van der Waals surface area contributed by atoms with Crippen molar-refractivity contribution in [3.05, 3.63) is 17.5 Å². The number of rotatable bonds is 4. The third-order valence-electron chi connectivity index (χ3n) is 1.77. The van der Waals surface area contributed by atoms with Crippen LogP contribution in [0.1, 0.15) is 13.8 Å². The van der Waals surface area contributed by atoms with Crippen molar-refractivity contribution in [2.45, 2.75) is 23.7 Å². The molecule has 1 aromatic rings. The van der Waals surface area contributed by atoms with Crippen LogP contribution < -0.4 is 0 Å². The Morgan fingerprint density at radius 2 is 2.13 bits per heavy atom. The summed E-state index contributed by atoms with van der Waals surface area (Å²) in [5, 5.41) is 11.3. The van der Waals surface area contributed by atoms with Crippen LogP contribution in [-0.2, 0) is 10.0 Å². The third kappa shape index (κ3) is 3.27. The van der Waals surface area contributed by atoms with E-state index in [1.54, 1.807) is 31.4 Å². The van der Waals surface area contributed by atoms with E-state index in [0.29, 0.717) is 4.21 Å². The molecule has 4 nitrogen and oxygen atoms in total. The number of nitrogens with zero attached hydrogens (tertiary/aromatic N) is 1. The van der Waals surface area contributed by atoms with Gasteiger partial charge in [0, 0.05) is 13.6 Å². The lowest BCUT2D eigenvalue weighted by molar-refractivity contribution is 0.0640. The molecule has 0 saturated carbocycles. The van der Waals surface area contributed by atoms with Gasteiger partial charge in [0.2, 0.25) is 0 Å². The van der Waals surface area contributed by atoms with Crippen molar-refractivity contribution in [2.75, 3.05) is 13.6 Å². The van der Waals surface area contributed by atoms with Gasteiger partial charge in [0.1, 0.15) is 4.21 Å². The normalized spacial score (nSPS) is 13.4. The predicted octanol–water partition coefficient (Wildman–Crippen LogP) is 1.14. The maximum atomic E-state index is 11.9. The summed E-state index contributed by atoms with van der Waals surface area (Å²) in [6, 6.07) is 3.25. The summed E-state index contributed by atoms with van der Waals surface area (Å²) in [6.45, 7) is 3.23. The number of hydrogen-bond acceptors (Lipinski definition) is 4. The number of hydrogen-bond donors (Lipinski definition) is 1. The molecule has 0 atom stereocenters. The van der Waals surface area contributed by atoms with Crippen LogP contribution in [0.2, 0.25) is 0 Å². The van der Waals surface area contributed by atoms with E-state index >= 15 is 0 Å². The molecule has 86 valence electrons. The molecule has 0 unspecified atom stereocenters. The van der Waals surface area contributed by atoms with Gasteiger partial charge < -0.3 is 5.11 Å². The molecule has 0 aromatic carbocycles. The van der Waals surface area contributed by atoms with E-state index < -0.39 is 15.6 Å². The highest BCUT2D eigenvalue weighted by molar-refractivity contribution is 7.91. The molecular weight excluding hydrogens is 234 g/mol. The second kappa shape index (κ2) is 4.21. The molecule has 0 spiro atoms. The van der Waals surface area contributed by atoms with Gasteiger partial charge in [-0.15, -0.1) is 11.3 Å². The standard InChI is InChI=1S/C9H15NO3S2/c1-9(2,11)7-10(3)15(12,13)8-5-4-6-14-8/h4-6,11H,7H2,1-3H3. The molecule has 0 aliphatic heterocycles. The maximum Gasteiger partial charge on any atom is 0.252 e. The Morgan fingerprint density at radius 3 is 2.53 bits per heavy atom. The van der Waals surface area contributed by atoms with E-state index in [2.05, 4.69) is 0 Å². The van der Waals surface area contributed by atoms with Gasteiger partial charge in [-0.25, -0.2) is 8.42 Å². The second-order valence-electron chi connectivity index (χ2n) is 4.01. The van der Waals surface area contributed by atoms with Crippen molar-refractivity contribution in [1.82, 2.24) is 4.31 Å². The molecule has 0 aliphatic rings. The molecule has 6 heteroatoms. The second-order valence-corrected chi connectivity index (χ2v) is 7.23. The molecule has 0 radical (unpaired) electrons. The van der Waals surface area contributed by atoms with Crippen molar-refractivity contribution in [2.24, 2.45) is 0 Å². The molecule has 0 aliphatic carbocycles. The van der Waals surface area contributed by atoms with E-state index in [-0.39, 0.29) is 6.54 Å². The molecule has 0 amide bonds. The first kappa shape index (κ1) is 12.6. The Kier molecular flexibility index (Phi) is 3.55. The molecule has 1 heterocycles. The molecule has 0 fully saturated rings. The van der Waals surface area contributed by atoms with Gasteiger partial charge in [0.05, 0.1) is 5.60 Å². The summed E-state index contributed by atoms with van der Waals surface area (Å²) < 4.78 is 25.3. The fourth-order valence-corrected chi connectivity index (χ4v) is 3.72. The molecule has 15 heavy (non-hydrogen) atoms. The summed E-state index contributed by atoms with van der Waals surface area (Å²) in [5.41, 5.74) is -1.03. The smallest absolute Gasteiger partial charge is 0.252 e. The Morgan fingerprint density at radius 1 is 1.53 bits per heavy atom. The number of likely N-dealkylation sites (N-methyl/N-ethyl adjacent to an activating group) is 1. The van der Waals surface area contributed by atoms with E-state index in [1.807, 2.05) is 0 Å². The van der Waals surface area contributed by atoms with Gasteiger partial charge in [0.15, 0.2) is 0 Å². The minimum Gasteiger partial charge on any atom is -0.389 e. The van der Waals surface area contributed by atoms with Crippen LogP contribution in [0.5, 0.6) is 0 Å². The first-order chi connectivity index (χ1) is 6.73. The molecule has 0 saturated heterocycles. The topological polar surface area (TPSA) is 57.6 Å². The lowest BCUT2D eigenvalue weighted by Gasteiger charge is -2.24. The fraction of sp³-hybridized carbons (Fsp3) is 0.556. The third-order valence-corrected chi connectivity index (χ3v) is 4.95. The highest BCUT2D eigenvalue weighted by Gasteiger charge is 2.26. The summed E-state index contributed by atoms with van der Waals surface area (Å²) in [5.74, 6) is 0. The molecule has 0 bridgehead atoms. The van der Waals surface area contributed by atoms with Gasteiger partial charge in [-0.2, -0.15) is 4.31 Å². The first-order valence-corrected chi connectivity index (χ1v) is 6.78. The van der Waals surface area contributed by atoms with Crippen LogP contribution in [0.4, 0.5) is 0 Å². The van der Waals surface area contributed by atoms with Crippen molar-refractivity contribution in [3.8, 4) is 0 Å². The Balaban J connectivity index is 2.89. The van der Waals surface area contributed by atoms with Crippen LogP contribution in [0.25, 0.3) is 0 Å². The average molecular weight is 249 g/mol. The van der Waals surface area contributed by atoms with E-state index in [4.69, 9.17) is 0 Å². The van der Waals surface area contributed by atoms with Crippen LogP contribution in [-0.4, -0.2) is 37.0 Å². The molecule has 1 rings (SSSR count). The number of thiophene rings is 1. The van der Waals surface area contributed by atoms with Crippen molar-refractivity contribution < 1.29 is 13.5 Å². The lowest BCUT2D eigenvalue weighted by atomic mass is 10.1. The van der Waals surface area contributed by atoms with Gasteiger partial charge in [-0.3, -0.25) is 0 Å². The highest BCUT2D eigenvalue weighted by atomic mass is 32.2. The van der Waals surface area contributed by atoms with Crippen LogP contribution in [0.3, 0.4) is 0 Å². The zero-order chi connectivity index (χ0) is 11.7. The minimum atomic E-state index is -3.44. The Bertz CT molecular complexity index is 403. The summed E-state index contributed by atoms with van der Waals surface area (Å²) in [7, 11) is -1.97. The molecule has 1 aromatic heterocycles. The van der Waals surface area contributed by atoms with Crippen molar-refractivity contribution >= 4 is 21.4 Å². The monoisotopic (exact) mass is 249 g/mol. The van der Waals surface area contributed by atoms with Crippen molar-refractivity contribution in [3.63, 3.8) is 0 Å². The summed E-state index contributed by atoms with van der Waals surface area (Å²) in [6.07, 6.45) is 0. The SMILES string of the molecule is CN(CC(C)(C)O)S(=O)(=O)c1cccs1. The predicted molar refractivity (Wildman–Crippen MR) is 60.4 cm³/mol. The zero-order valence-electron chi connectivity index (χ0n) is 8.97.